The number of aryl methyl sites for hydroxylation is 1. The number of rotatable bonds is 3. The third-order valence-corrected chi connectivity index (χ3v) is 4.96. The molecule has 2 nitrogen and oxygen atoms in total. The zero-order chi connectivity index (χ0) is 19.1. The molecule has 0 fully saturated rings. The van der Waals surface area contributed by atoms with Crippen molar-refractivity contribution in [3.8, 4) is 22.4 Å². The van der Waals surface area contributed by atoms with Gasteiger partial charge >= 0.3 is 0 Å². The first-order chi connectivity index (χ1) is 12.2. The van der Waals surface area contributed by atoms with Gasteiger partial charge in [-0.3, -0.25) is 4.79 Å². The molecule has 0 amide bonds. The molecule has 0 aliphatic carbocycles. The highest BCUT2D eigenvalue weighted by atomic mass is 35.6. The number of carbonyl (C=O) groups excluding carboxylic acids is 1. The van der Waals surface area contributed by atoms with Gasteiger partial charge in [0.1, 0.15) is 0 Å². The molecule has 0 atom stereocenters. The molecule has 0 saturated heterocycles. The second-order valence-corrected chi connectivity index (χ2v) is 8.87. The predicted octanol–water partition coefficient (Wildman–Crippen LogP) is 7.52. The minimum absolute atomic E-state index is 0.331. The second-order valence-electron chi connectivity index (χ2n) is 5.72. The lowest BCUT2D eigenvalue weighted by atomic mass is 9.95. The molecule has 26 heavy (non-hydrogen) atoms. The van der Waals surface area contributed by atoms with Gasteiger partial charge in [0.05, 0.1) is 11.3 Å². The number of Topliss-reactive ketones (excluding diaryl/α,β-unsaturated/α-hetero) is 1. The summed E-state index contributed by atoms with van der Waals surface area (Å²) in [6.45, 7) is 1.77. The first-order valence-corrected chi connectivity index (χ1v) is 9.43. The van der Waals surface area contributed by atoms with Gasteiger partial charge in [-0.05, 0) is 42.3 Å². The fourth-order valence-corrected chi connectivity index (χ4v) is 3.32. The zero-order valence-corrected chi connectivity index (χ0v) is 17.2. The van der Waals surface area contributed by atoms with E-state index in [2.05, 4.69) is 4.98 Å². The molecule has 0 spiro atoms. The Balaban J connectivity index is 2.30. The third-order valence-electron chi connectivity index (χ3n) is 3.94. The molecule has 1 aromatic heterocycles. The second kappa shape index (κ2) is 7.46. The fraction of sp³-hybridized carbons (Fsp3) is 0.105. The van der Waals surface area contributed by atoms with Crippen LogP contribution in [0.5, 0.6) is 0 Å². The Kier molecular flexibility index (Phi) is 5.62. The average molecular weight is 448 g/mol. The minimum atomic E-state index is -2.06. The Hall–Kier alpha value is -1.16. The van der Waals surface area contributed by atoms with Crippen molar-refractivity contribution in [3.05, 3.63) is 69.8 Å². The summed E-state index contributed by atoms with van der Waals surface area (Å²) in [4.78, 5) is 16.0. The van der Waals surface area contributed by atoms with Crippen LogP contribution in [0, 0.1) is 6.92 Å². The highest BCUT2D eigenvalue weighted by Gasteiger charge is 2.36. The Morgan fingerprint density at radius 1 is 0.846 bits per heavy atom. The van der Waals surface area contributed by atoms with Crippen molar-refractivity contribution in [2.24, 2.45) is 0 Å². The molecule has 3 aromatic rings. The summed E-state index contributed by atoms with van der Waals surface area (Å²) in [5.41, 5.74) is 3.96. The van der Waals surface area contributed by atoms with Crippen LogP contribution >= 0.6 is 58.0 Å². The highest BCUT2D eigenvalue weighted by Crippen LogP contribution is 2.41. The maximum atomic E-state index is 12.8. The Labute approximate surface area is 176 Å². The molecule has 0 radical (unpaired) electrons. The van der Waals surface area contributed by atoms with Crippen LogP contribution in [0.2, 0.25) is 10.0 Å². The molecule has 134 valence electrons. The maximum Gasteiger partial charge on any atom is 0.253 e. The van der Waals surface area contributed by atoms with Crippen molar-refractivity contribution in [1.82, 2.24) is 4.98 Å². The third kappa shape index (κ3) is 3.90. The van der Waals surface area contributed by atoms with Crippen LogP contribution in [0.1, 0.15) is 16.1 Å². The number of benzene rings is 2. The van der Waals surface area contributed by atoms with Crippen molar-refractivity contribution in [2.45, 2.75) is 10.7 Å². The summed E-state index contributed by atoms with van der Waals surface area (Å²) in [5, 5.41) is 1.20. The Morgan fingerprint density at radius 3 is 1.77 bits per heavy atom. The van der Waals surface area contributed by atoms with Gasteiger partial charge < -0.3 is 4.98 Å². The van der Waals surface area contributed by atoms with Gasteiger partial charge in [0.25, 0.3) is 3.79 Å². The highest BCUT2D eigenvalue weighted by molar-refractivity contribution is 6.77. The number of carbonyl (C=O) groups is 1. The van der Waals surface area contributed by atoms with Crippen LogP contribution in [0.15, 0.2) is 48.5 Å². The van der Waals surface area contributed by atoms with Crippen LogP contribution in [0.3, 0.4) is 0 Å². The summed E-state index contributed by atoms with van der Waals surface area (Å²) in [7, 11) is 0. The minimum Gasteiger partial charge on any atom is -0.357 e. The van der Waals surface area contributed by atoms with E-state index in [0.717, 1.165) is 16.8 Å². The van der Waals surface area contributed by atoms with Gasteiger partial charge in [-0.2, -0.15) is 0 Å². The van der Waals surface area contributed by atoms with E-state index in [1.165, 1.54) is 0 Å². The van der Waals surface area contributed by atoms with Gasteiger partial charge in [0.15, 0.2) is 0 Å². The summed E-state index contributed by atoms with van der Waals surface area (Å²) in [6, 6.07) is 14.4. The fourth-order valence-electron chi connectivity index (χ4n) is 2.79. The van der Waals surface area contributed by atoms with E-state index < -0.39 is 9.58 Å². The van der Waals surface area contributed by atoms with Crippen LogP contribution < -0.4 is 0 Å². The Morgan fingerprint density at radius 2 is 1.31 bits per heavy atom. The zero-order valence-electron chi connectivity index (χ0n) is 13.4. The maximum absolute atomic E-state index is 12.8. The number of alkyl halides is 3. The number of halogens is 5. The summed E-state index contributed by atoms with van der Waals surface area (Å²) in [5.74, 6) is -0.596. The van der Waals surface area contributed by atoms with Crippen molar-refractivity contribution >= 4 is 63.8 Å². The average Bonchev–Trinajstić information content (AvgIpc) is 2.92. The molecule has 7 heteroatoms. The first-order valence-electron chi connectivity index (χ1n) is 7.54. The van der Waals surface area contributed by atoms with E-state index in [1.54, 1.807) is 31.2 Å². The van der Waals surface area contributed by atoms with E-state index in [1.807, 2.05) is 24.3 Å². The Bertz CT molecular complexity index is 953. The lowest BCUT2D eigenvalue weighted by molar-refractivity contribution is 0.0996. The van der Waals surface area contributed by atoms with E-state index in [0.29, 0.717) is 26.9 Å². The van der Waals surface area contributed by atoms with Crippen molar-refractivity contribution in [1.29, 1.82) is 0 Å². The topological polar surface area (TPSA) is 32.9 Å². The molecule has 0 aliphatic heterocycles. The number of hydrogen-bond donors (Lipinski definition) is 1. The molecule has 1 N–H and O–H groups in total. The molecule has 0 bridgehead atoms. The number of ketones is 1. The van der Waals surface area contributed by atoms with Gasteiger partial charge in [0, 0.05) is 21.3 Å². The summed E-state index contributed by atoms with van der Waals surface area (Å²) < 4.78 is -2.06. The van der Waals surface area contributed by atoms with Crippen molar-refractivity contribution < 1.29 is 4.79 Å². The molecule has 1 heterocycles. The number of nitrogens with one attached hydrogen (secondary N) is 1. The van der Waals surface area contributed by atoms with Crippen molar-refractivity contribution in [2.75, 3.05) is 0 Å². The number of aromatic nitrogens is 1. The van der Waals surface area contributed by atoms with Crippen LogP contribution in [0.25, 0.3) is 22.4 Å². The van der Waals surface area contributed by atoms with Crippen molar-refractivity contribution in [3.63, 3.8) is 0 Å². The number of hydrogen-bond acceptors (Lipinski definition) is 1. The molecule has 0 aliphatic rings. The smallest absolute Gasteiger partial charge is 0.253 e. The molecular weight excluding hydrogens is 435 g/mol. The summed E-state index contributed by atoms with van der Waals surface area (Å²) in [6.07, 6.45) is 0. The van der Waals surface area contributed by atoms with Crippen LogP contribution in [-0.2, 0) is 0 Å². The lowest BCUT2D eigenvalue weighted by Crippen LogP contribution is -2.20. The van der Waals surface area contributed by atoms with E-state index >= 15 is 0 Å². The predicted molar refractivity (Wildman–Crippen MR) is 111 cm³/mol. The standard InChI is InChI=1S/C19H12Cl5NO/c1-10-15(18(26)19(22,23)24)16(11-2-6-13(20)7-3-11)17(25-10)12-4-8-14(21)9-5-12/h2-9,25H,1H3. The SMILES string of the molecule is Cc1[nH]c(-c2ccc(Cl)cc2)c(-c2ccc(Cl)cc2)c1C(=O)C(Cl)(Cl)Cl. The normalized spacial score (nSPS) is 11.6. The van der Waals surface area contributed by atoms with Gasteiger partial charge in [-0.25, -0.2) is 0 Å². The molecule has 2 aromatic carbocycles. The van der Waals surface area contributed by atoms with E-state index in [-0.39, 0.29) is 0 Å². The molecule has 0 unspecified atom stereocenters. The number of H-pyrrole nitrogens is 1. The molecule has 3 rings (SSSR count). The first kappa shape index (κ1) is 19.6. The monoisotopic (exact) mass is 445 g/mol. The molecule has 0 saturated carbocycles. The van der Waals surface area contributed by atoms with E-state index in [9.17, 15) is 4.79 Å². The molecular formula is C19H12Cl5NO. The van der Waals surface area contributed by atoms with Gasteiger partial charge in [-0.1, -0.05) is 82.3 Å². The van der Waals surface area contributed by atoms with E-state index in [4.69, 9.17) is 58.0 Å². The largest absolute Gasteiger partial charge is 0.357 e. The van der Waals surface area contributed by atoms with Crippen LogP contribution in [0.4, 0.5) is 0 Å². The van der Waals surface area contributed by atoms with Gasteiger partial charge in [0.2, 0.25) is 5.78 Å². The van der Waals surface area contributed by atoms with Crippen LogP contribution in [-0.4, -0.2) is 14.6 Å². The quantitative estimate of drug-likeness (QED) is 0.327. The number of aromatic amines is 1. The summed E-state index contributed by atoms with van der Waals surface area (Å²) >= 11 is 29.6. The lowest BCUT2D eigenvalue weighted by Gasteiger charge is -2.13. The van der Waals surface area contributed by atoms with Gasteiger partial charge in [-0.15, -0.1) is 0 Å².